The van der Waals surface area contributed by atoms with Crippen molar-refractivity contribution >= 4 is 11.5 Å². The number of hydrogen-bond donors (Lipinski definition) is 2. The molecule has 0 saturated heterocycles. The Kier molecular flexibility index (Phi) is 3.98. The lowest BCUT2D eigenvalue weighted by atomic mass is 10.1. The van der Waals surface area contributed by atoms with Crippen LogP contribution in [0.25, 0.3) is 0 Å². The molecule has 20 heavy (non-hydrogen) atoms. The first-order chi connectivity index (χ1) is 9.49. The molecule has 0 atom stereocenters. The number of halogens is 2. The fourth-order valence-corrected chi connectivity index (χ4v) is 1.91. The molecule has 104 valence electrons. The van der Waals surface area contributed by atoms with Crippen LogP contribution >= 0.6 is 0 Å². The van der Waals surface area contributed by atoms with E-state index in [1.165, 1.54) is 18.2 Å². The lowest BCUT2D eigenvalue weighted by molar-refractivity contribution is 0.554. The highest BCUT2D eigenvalue weighted by atomic mass is 19.1. The number of hydrogen-bond acceptors (Lipinski definition) is 2. The van der Waals surface area contributed by atoms with Crippen LogP contribution in [0.3, 0.4) is 0 Å². The average Bonchev–Trinajstić information content (AvgIpc) is 2.43. The number of amidine groups is 1. The summed E-state index contributed by atoms with van der Waals surface area (Å²) in [4.78, 5) is 1.73. The molecule has 2 aromatic carbocycles. The maximum Gasteiger partial charge on any atom is 0.131 e. The van der Waals surface area contributed by atoms with Crippen LogP contribution in [-0.2, 0) is 6.54 Å². The zero-order valence-electron chi connectivity index (χ0n) is 11.0. The molecule has 0 aromatic heterocycles. The van der Waals surface area contributed by atoms with Crippen molar-refractivity contribution in [3.05, 3.63) is 65.2 Å². The van der Waals surface area contributed by atoms with Gasteiger partial charge in [-0.25, -0.2) is 8.78 Å². The molecule has 2 rings (SSSR count). The lowest BCUT2D eigenvalue weighted by Crippen LogP contribution is -2.18. The second-order valence-electron chi connectivity index (χ2n) is 4.52. The van der Waals surface area contributed by atoms with Crippen LogP contribution in [0.4, 0.5) is 14.5 Å². The molecule has 0 saturated carbocycles. The van der Waals surface area contributed by atoms with Crippen molar-refractivity contribution < 1.29 is 8.78 Å². The molecule has 0 heterocycles. The van der Waals surface area contributed by atoms with E-state index in [0.717, 1.165) is 5.69 Å². The van der Waals surface area contributed by atoms with E-state index in [1.807, 2.05) is 0 Å². The number of nitrogens with one attached hydrogen (secondary N) is 1. The average molecular weight is 275 g/mol. The van der Waals surface area contributed by atoms with Crippen molar-refractivity contribution in [3.63, 3.8) is 0 Å². The molecular weight excluding hydrogens is 260 g/mol. The summed E-state index contributed by atoms with van der Waals surface area (Å²) < 4.78 is 27.2. The van der Waals surface area contributed by atoms with Crippen LogP contribution in [0.15, 0.2) is 42.5 Å². The lowest BCUT2D eigenvalue weighted by Gasteiger charge is -2.20. The second kappa shape index (κ2) is 5.69. The standard InChI is InChI=1S/C15H15F2N3/c1-20(9-12-13(16)3-2-4-14(12)17)11-7-5-10(6-8-11)15(18)19/h2-8H,9H2,1H3,(H3,18,19). The molecule has 0 unspecified atom stereocenters. The third kappa shape index (κ3) is 2.93. The van der Waals surface area contributed by atoms with Gasteiger partial charge in [0.2, 0.25) is 0 Å². The fraction of sp³-hybridized carbons (Fsp3) is 0.133. The van der Waals surface area contributed by atoms with Gasteiger partial charge in [0.25, 0.3) is 0 Å². The van der Waals surface area contributed by atoms with Gasteiger partial charge in [-0.3, -0.25) is 5.41 Å². The van der Waals surface area contributed by atoms with Gasteiger partial charge in [-0.1, -0.05) is 6.07 Å². The van der Waals surface area contributed by atoms with Crippen LogP contribution in [-0.4, -0.2) is 12.9 Å². The fourth-order valence-electron chi connectivity index (χ4n) is 1.91. The molecular formula is C15H15F2N3. The first-order valence-electron chi connectivity index (χ1n) is 6.07. The van der Waals surface area contributed by atoms with Crippen LogP contribution < -0.4 is 10.6 Å². The minimum absolute atomic E-state index is 0.0145. The first kappa shape index (κ1) is 14.0. The van der Waals surface area contributed by atoms with E-state index in [-0.39, 0.29) is 17.9 Å². The molecule has 0 aliphatic heterocycles. The van der Waals surface area contributed by atoms with Crippen molar-refractivity contribution in [2.75, 3.05) is 11.9 Å². The molecule has 0 spiro atoms. The maximum atomic E-state index is 13.6. The van der Waals surface area contributed by atoms with E-state index in [2.05, 4.69) is 0 Å². The van der Waals surface area contributed by atoms with E-state index in [4.69, 9.17) is 11.1 Å². The zero-order chi connectivity index (χ0) is 14.7. The third-order valence-corrected chi connectivity index (χ3v) is 3.08. The Morgan fingerprint density at radius 1 is 1.10 bits per heavy atom. The molecule has 2 aromatic rings. The summed E-state index contributed by atoms with van der Waals surface area (Å²) in [5.74, 6) is -1.13. The molecule has 0 bridgehead atoms. The minimum atomic E-state index is -0.558. The van der Waals surface area contributed by atoms with Crippen LogP contribution in [0.5, 0.6) is 0 Å². The Hall–Kier alpha value is -2.43. The van der Waals surface area contributed by atoms with Crippen LogP contribution in [0.1, 0.15) is 11.1 Å². The minimum Gasteiger partial charge on any atom is -0.384 e. The second-order valence-corrected chi connectivity index (χ2v) is 4.52. The number of rotatable bonds is 4. The van der Waals surface area contributed by atoms with Gasteiger partial charge in [0.05, 0.1) is 0 Å². The third-order valence-electron chi connectivity index (χ3n) is 3.08. The van der Waals surface area contributed by atoms with E-state index in [1.54, 1.807) is 36.2 Å². The van der Waals surface area contributed by atoms with Gasteiger partial charge in [-0.2, -0.15) is 0 Å². The number of nitrogens with zero attached hydrogens (tertiary/aromatic N) is 1. The Balaban J connectivity index is 2.19. The summed E-state index contributed by atoms with van der Waals surface area (Å²) >= 11 is 0. The van der Waals surface area contributed by atoms with Crippen molar-refractivity contribution in [2.24, 2.45) is 5.73 Å². The van der Waals surface area contributed by atoms with Gasteiger partial charge >= 0.3 is 0 Å². The van der Waals surface area contributed by atoms with Crippen molar-refractivity contribution in [1.29, 1.82) is 5.41 Å². The Morgan fingerprint density at radius 3 is 2.15 bits per heavy atom. The molecule has 0 aliphatic rings. The predicted octanol–water partition coefficient (Wildman–Crippen LogP) is 2.89. The summed E-state index contributed by atoms with van der Waals surface area (Å²) in [6, 6.07) is 10.7. The van der Waals surface area contributed by atoms with Gasteiger partial charge in [-0.15, -0.1) is 0 Å². The maximum absolute atomic E-state index is 13.6. The summed E-state index contributed by atoms with van der Waals surface area (Å²) in [7, 11) is 1.74. The Morgan fingerprint density at radius 2 is 1.65 bits per heavy atom. The smallest absolute Gasteiger partial charge is 0.131 e. The van der Waals surface area contributed by atoms with Gasteiger partial charge in [0.1, 0.15) is 17.5 Å². The van der Waals surface area contributed by atoms with Gasteiger partial charge in [-0.05, 0) is 36.4 Å². The van der Waals surface area contributed by atoms with Gasteiger partial charge in [0, 0.05) is 30.4 Å². The quantitative estimate of drug-likeness (QED) is 0.666. The van der Waals surface area contributed by atoms with E-state index in [9.17, 15) is 8.78 Å². The largest absolute Gasteiger partial charge is 0.384 e. The number of nitrogens with two attached hydrogens (primary N) is 1. The highest BCUT2D eigenvalue weighted by Crippen LogP contribution is 2.19. The zero-order valence-corrected chi connectivity index (χ0v) is 11.0. The molecule has 5 heteroatoms. The molecule has 0 radical (unpaired) electrons. The van der Waals surface area contributed by atoms with Gasteiger partial charge in [0.15, 0.2) is 0 Å². The highest BCUT2D eigenvalue weighted by molar-refractivity contribution is 5.95. The predicted molar refractivity (Wildman–Crippen MR) is 75.9 cm³/mol. The normalized spacial score (nSPS) is 10.3. The highest BCUT2D eigenvalue weighted by Gasteiger charge is 2.11. The van der Waals surface area contributed by atoms with E-state index >= 15 is 0 Å². The topological polar surface area (TPSA) is 53.1 Å². The Labute approximate surface area is 116 Å². The molecule has 0 aliphatic carbocycles. The number of anilines is 1. The molecule has 3 nitrogen and oxygen atoms in total. The summed E-state index contributed by atoms with van der Waals surface area (Å²) in [6.45, 7) is 0.123. The van der Waals surface area contributed by atoms with E-state index < -0.39 is 11.6 Å². The number of nitrogen functional groups attached to an aromatic ring is 1. The first-order valence-corrected chi connectivity index (χ1v) is 6.07. The monoisotopic (exact) mass is 275 g/mol. The number of benzene rings is 2. The van der Waals surface area contributed by atoms with Gasteiger partial charge < -0.3 is 10.6 Å². The van der Waals surface area contributed by atoms with Crippen molar-refractivity contribution in [2.45, 2.75) is 6.54 Å². The van der Waals surface area contributed by atoms with Crippen molar-refractivity contribution in [3.8, 4) is 0 Å². The Bertz CT molecular complexity index is 603. The summed E-state index contributed by atoms with van der Waals surface area (Å²) in [5.41, 5.74) is 6.81. The SMILES string of the molecule is CN(Cc1c(F)cccc1F)c1ccc(C(=N)N)cc1. The summed E-state index contributed by atoms with van der Waals surface area (Å²) in [5, 5.41) is 7.31. The van der Waals surface area contributed by atoms with Crippen LogP contribution in [0.2, 0.25) is 0 Å². The van der Waals surface area contributed by atoms with E-state index in [0.29, 0.717) is 5.56 Å². The van der Waals surface area contributed by atoms with Crippen molar-refractivity contribution in [1.82, 2.24) is 0 Å². The van der Waals surface area contributed by atoms with Crippen LogP contribution in [0, 0.1) is 17.0 Å². The molecule has 0 fully saturated rings. The molecule has 3 N–H and O–H groups in total. The molecule has 0 amide bonds. The summed E-state index contributed by atoms with van der Waals surface area (Å²) in [6.07, 6.45) is 0.